The van der Waals surface area contributed by atoms with E-state index in [0.717, 1.165) is 30.8 Å². The van der Waals surface area contributed by atoms with Crippen molar-refractivity contribution in [2.45, 2.75) is 45.1 Å². The summed E-state index contributed by atoms with van der Waals surface area (Å²) in [6.07, 6.45) is 7.37. The van der Waals surface area contributed by atoms with Crippen LogP contribution < -0.4 is 10.2 Å². The van der Waals surface area contributed by atoms with Crippen LogP contribution in [0.15, 0.2) is 24.4 Å². The highest BCUT2D eigenvalue weighted by Gasteiger charge is 2.22. The molecule has 0 radical (unpaired) electrons. The molecule has 1 saturated heterocycles. The van der Waals surface area contributed by atoms with Crippen molar-refractivity contribution in [2.24, 2.45) is 0 Å². The fourth-order valence-corrected chi connectivity index (χ4v) is 3.77. The number of aromatic nitrogens is 3. The first-order chi connectivity index (χ1) is 12.2. The number of halogens is 2. The summed E-state index contributed by atoms with van der Waals surface area (Å²) in [6.45, 7) is 3.95. The zero-order valence-electron chi connectivity index (χ0n) is 14.4. The summed E-state index contributed by atoms with van der Waals surface area (Å²) in [6, 6.07) is 6.11. The quantitative estimate of drug-likeness (QED) is 0.794. The van der Waals surface area contributed by atoms with E-state index in [2.05, 4.69) is 32.3 Å². The monoisotopic (exact) mass is 379 g/mol. The molecule has 25 heavy (non-hydrogen) atoms. The molecule has 3 rings (SSSR count). The van der Waals surface area contributed by atoms with E-state index in [9.17, 15) is 0 Å². The predicted molar refractivity (Wildman–Crippen MR) is 104 cm³/mol. The molecule has 1 atom stereocenters. The molecule has 1 fully saturated rings. The van der Waals surface area contributed by atoms with Gasteiger partial charge in [0.05, 0.1) is 6.20 Å². The molecule has 2 aromatic rings. The SMILES string of the molecule is CCC1CCCCN1c1cnnc(NCCc2ccc(Cl)cc2Cl)n1. The first kappa shape index (κ1) is 18.2. The van der Waals surface area contributed by atoms with E-state index in [1.807, 2.05) is 12.1 Å². The number of anilines is 2. The van der Waals surface area contributed by atoms with Crippen molar-refractivity contribution in [3.63, 3.8) is 0 Å². The van der Waals surface area contributed by atoms with E-state index >= 15 is 0 Å². The third-order valence-corrected chi connectivity index (χ3v) is 5.22. The Bertz CT molecular complexity index is 710. The number of nitrogens with one attached hydrogen (secondary N) is 1. The van der Waals surface area contributed by atoms with Gasteiger partial charge in [-0.1, -0.05) is 36.2 Å². The fourth-order valence-electron chi connectivity index (χ4n) is 3.27. The molecule has 2 heterocycles. The van der Waals surface area contributed by atoms with Gasteiger partial charge < -0.3 is 10.2 Å². The van der Waals surface area contributed by atoms with Gasteiger partial charge in [0.25, 0.3) is 0 Å². The minimum atomic E-state index is 0.547. The highest BCUT2D eigenvalue weighted by molar-refractivity contribution is 6.35. The van der Waals surface area contributed by atoms with Crippen molar-refractivity contribution in [1.82, 2.24) is 15.2 Å². The Balaban J connectivity index is 1.61. The Morgan fingerprint density at radius 1 is 1.28 bits per heavy atom. The molecule has 5 nitrogen and oxygen atoms in total. The third-order valence-electron chi connectivity index (χ3n) is 4.63. The highest BCUT2D eigenvalue weighted by atomic mass is 35.5. The summed E-state index contributed by atoms with van der Waals surface area (Å²) in [4.78, 5) is 7.01. The maximum absolute atomic E-state index is 6.21. The van der Waals surface area contributed by atoms with Crippen LogP contribution in [0.1, 0.15) is 38.2 Å². The lowest BCUT2D eigenvalue weighted by Crippen LogP contribution is -2.39. The van der Waals surface area contributed by atoms with Gasteiger partial charge in [-0.05, 0) is 49.8 Å². The molecule has 1 aliphatic rings. The van der Waals surface area contributed by atoms with Crippen LogP contribution in [0.4, 0.5) is 11.8 Å². The van der Waals surface area contributed by atoms with Gasteiger partial charge in [-0.25, -0.2) is 0 Å². The fraction of sp³-hybridized carbons (Fsp3) is 0.500. The van der Waals surface area contributed by atoms with E-state index < -0.39 is 0 Å². The number of benzene rings is 1. The third kappa shape index (κ3) is 4.73. The smallest absolute Gasteiger partial charge is 0.244 e. The van der Waals surface area contributed by atoms with Crippen molar-refractivity contribution in [1.29, 1.82) is 0 Å². The van der Waals surface area contributed by atoms with E-state index in [1.54, 1.807) is 12.3 Å². The second-order valence-electron chi connectivity index (χ2n) is 6.30. The number of hydrogen-bond donors (Lipinski definition) is 1. The number of rotatable bonds is 6. The normalized spacial score (nSPS) is 17.6. The molecule has 0 amide bonds. The molecule has 0 saturated carbocycles. The molecular weight excluding hydrogens is 357 g/mol. The van der Waals surface area contributed by atoms with Crippen LogP contribution in [0.2, 0.25) is 10.0 Å². The summed E-state index contributed by atoms with van der Waals surface area (Å²) in [7, 11) is 0. The first-order valence-electron chi connectivity index (χ1n) is 8.81. The van der Waals surface area contributed by atoms with Crippen molar-refractivity contribution in [3.05, 3.63) is 40.0 Å². The Hall–Kier alpha value is -1.59. The van der Waals surface area contributed by atoms with E-state index in [-0.39, 0.29) is 0 Å². The maximum atomic E-state index is 6.21. The average molecular weight is 380 g/mol. The summed E-state index contributed by atoms with van der Waals surface area (Å²) >= 11 is 12.1. The lowest BCUT2D eigenvalue weighted by Gasteiger charge is -2.35. The number of hydrogen-bond acceptors (Lipinski definition) is 5. The van der Waals surface area contributed by atoms with Crippen molar-refractivity contribution in [2.75, 3.05) is 23.3 Å². The lowest BCUT2D eigenvalue weighted by atomic mass is 10.0. The van der Waals surface area contributed by atoms with Crippen molar-refractivity contribution in [3.8, 4) is 0 Å². The van der Waals surface area contributed by atoms with Crippen LogP contribution >= 0.6 is 23.2 Å². The molecule has 1 aliphatic heterocycles. The van der Waals surface area contributed by atoms with Gasteiger partial charge in [-0.15, -0.1) is 5.10 Å². The van der Waals surface area contributed by atoms with Crippen LogP contribution in [0.5, 0.6) is 0 Å². The van der Waals surface area contributed by atoms with Gasteiger partial charge >= 0.3 is 0 Å². The molecule has 1 unspecified atom stereocenters. The Kier molecular flexibility index (Phi) is 6.32. The zero-order chi connectivity index (χ0) is 17.6. The largest absolute Gasteiger partial charge is 0.353 e. The molecule has 7 heteroatoms. The van der Waals surface area contributed by atoms with E-state index in [4.69, 9.17) is 23.2 Å². The van der Waals surface area contributed by atoms with Gasteiger partial charge in [0.2, 0.25) is 5.95 Å². The molecule has 1 aromatic carbocycles. The van der Waals surface area contributed by atoms with Gasteiger partial charge in [0.1, 0.15) is 0 Å². The lowest BCUT2D eigenvalue weighted by molar-refractivity contribution is 0.446. The molecular formula is C18H23Cl2N5. The second kappa shape index (κ2) is 8.68. The van der Waals surface area contributed by atoms with Gasteiger partial charge in [-0.3, -0.25) is 0 Å². The standard InChI is InChI=1S/C18H23Cl2N5/c1-2-15-5-3-4-10-25(15)17-12-22-24-18(23-17)21-9-8-13-6-7-14(19)11-16(13)20/h6-7,11-12,15H,2-5,8-10H2,1H3,(H,21,23,24). The molecule has 0 spiro atoms. The predicted octanol–water partition coefficient (Wildman–Crippen LogP) is 4.60. The minimum Gasteiger partial charge on any atom is -0.353 e. The maximum Gasteiger partial charge on any atom is 0.244 e. The van der Waals surface area contributed by atoms with E-state index in [0.29, 0.717) is 28.6 Å². The Morgan fingerprint density at radius 3 is 2.96 bits per heavy atom. The topological polar surface area (TPSA) is 53.9 Å². The van der Waals surface area contributed by atoms with Crippen LogP contribution in [0.25, 0.3) is 0 Å². The van der Waals surface area contributed by atoms with Crippen molar-refractivity contribution >= 4 is 35.0 Å². The van der Waals surface area contributed by atoms with Gasteiger partial charge in [0.15, 0.2) is 5.82 Å². The highest BCUT2D eigenvalue weighted by Crippen LogP contribution is 2.25. The summed E-state index contributed by atoms with van der Waals surface area (Å²) < 4.78 is 0. The summed E-state index contributed by atoms with van der Waals surface area (Å²) in [5.41, 5.74) is 1.05. The molecule has 1 N–H and O–H groups in total. The minimum absolute atomic E-state index is 0.547. The van der Waals surface area contributed by atoms with E-state index in [1.165, 1.54) is 19.3 Å². The molecule has 134 valence electrons. The molecule has 1 aromatic heterocycles. The van der Waals surface area contributed by atoms with Gasteiger partial charge in [0, 0.05) is 29.2 Å². The van der Waals surface area contributed by atoms with Crippen LogP contribution in [0.3, 0.4) is 0 Å². The molecule has 0 aliphatic carbocycles. The Labute approximate surface area is 158 Å². The Morgan fingerprint density at radius 2 is 2.16 bits per heavy atom. The second-order valence-corrected chi connectivity index (χ2v) is 7.15. The zero-order valence-corrected chi connectivity index (χ0v) is 15.9. The summed E-state index contributed by atoms with van der Waals surface area (Å²) in [5, 5.41) is 12.8. The summed E-state index contributed by atoms with van der Waals surface area (Å²) in [5.74, 6) is 1.47. The average Bonchev–Trinajstić information content (AvgIpc) is 2.64. The van der Waals surface area contributed by atoms with Crippen LogP contribution in [0, 0.1) is 0 Å². The van der Waals surface area contributed by atoms with Crippen LogP contribution in [-0.4, -0.2) is 34.3 Å². The number of piperidine rings is 1. The number of nitrogens with zero attached hydrogens (tertiary/aromatic N) is 4. The van der Waals surface area contributed by atoms with Crippen molar-refractivity contribution < 1.29 is 0 Å². The molecule has 0 bridgehead atoms. The first-order valence-corrected chi connectivity index (χ1v) is 9.57. The van der Waals surface area contributed by atoms with Gasteiger partial charge in [-0.2, -0.15) is 10.1 Å². The van der Waals surface area contributed by atoms with Crippen LogP contribution in [-0.2, 0) is 6.42 Å².